The summed E-state index contributed by atoms with van der Waals surface area (Å²) >= 11 is 0. The molecule has 0 spiro atoms. The van der Waals surface area contributed by atoms with E-state index in [9.17, 15) is 14.9 Å². The highest BCUT2D eigenvalue weighted by atomic mass is 16.6. The Morgan fingerprint density at radius 1 is 1.27 bits per heavy atom. The summed E-state index contributed by atoms with van der Waals surface area (Å²) in [7, 11) is 0. The van der Waals surface area contributed by atoms with Crippen molar-refractivity contribution >= 4 is 34.2 Å². The number of nitro groups is 1. The lowest BCUT2D eigenvalue weighted by molar-refractivity contribution is -0.898. The zero-order valence-electron chi connectivity index (χ0n) is 17.0. The highest BCUT2D eigenvalue weighted by Crippen LogP contribution is 2.26. The monoisotopic (exact) mass is 410 g/mol. The normalized spacial score (nSPS) is 14.8. The van der Waals surface area contributed by atoms with Crippen molar-refractivity contribution in [2.24, 2.45) is 0 Å². The molecule has 4 rings (SSSR count). The van der Waals surface area contributed by atoms with Crippen LogP contribution in [0.3, 0.4) is 0 Å². The second-order valence-electron chi connectivity index (χ2n) is 7.47. The van der Waals surface area contributed by atoms with Gasteiger partial charge in [0.15, 0.2) is 5.76 Å². The average molecular weight is 410 g/mol. The maximum atomic E-state index is 12.3. The molecule has 9 nitrogen and oxygen atoms in total. The number of hydrogen-bond acceptors (Lipinski definition) is 6. The quantitative estimate of drug-likeness (QED) is 0.492. The van der Waals surface area contributed by atoms with Crippen molar-refractivity contribution < 1.29 is 19.0 Å². The van der Waals surface area contributed by atoms with Gasteiger partial charge in [-0.05, 0) is 49.7 Å². The number of rotatable bonds is 5. The number of aromatic nitrogens is 1. The molecular formula is C21H24N5O4+. The summed E-state index contributed by atoms with van der Waals surface area (Å²) in [5.41, 5.74) is 2.51. The van der Waals surface area contributed by atoms with Gasteiger partial charge >= 0.3 is 5.88 Å². The number of benzene rings is 1. The SMILES string of the molecule is CC[NH+]1CCN(c2cc(C)c3cc(NC(=O)c4ccc([N+](=O)[O-])o4)ccc3n2)CC1. The zero-order chi connectivity index (χ0) is 21.3. The maximum absolute atomic E-state index is 12.3. The number of carbonyl (C=O) groups excluding carboxylic acids is 1. The van der Waals surface area contributed by atoms with Crippen molar-refractivity contribution in [3.63, 3.8) is 0 Å². The molecule has 30 heavy (non-hydrogen) atoms. The van der Waals surface area contributed by atoms with Gasteiger partial charge in [-0.3, -0.25) is 14.9 Å². The molecule has 1 fully saturated rings. The first-order valence-electron chi connectivity index (χ1n) is 10.00. The number of fused-ring (bicyclic) bond motifs is 1. The molecule has 1 amide bonds. The van der Waals surface area contributed by atoms with E-state index >= 15 is 0 Å². The van der Waals surface area contributed by atoms with E-state index in [-0.39, 0.29) is 5.76 Å². The molecular weight excluding hydrogens is 386 g/mol. The first-order chi connectivity index (χ1) is 14.4. The molecule has 0 radical (unpaired) electrons. The summed E-state index contributed by atoms with van der Waals surface area (Å²) in [6.45, 7) is 9.61. The highest BCUT2D eigenvalue weighted by molar-refractivity contribution is 6.03. The van der Waals surface area contributed by atoms with Gasteiger partial charge in [0.25, 0.3) is 5.91 Å². The van der Waals surface area contributed by atoms with Crippen molar-refractivity contribution in [2.75, 3.05) is 42.9 Å². The number of nitrogens with zero attached hydrogens (tertiary/aromatic N) is 3. The minimum atomic E-state index is -0.678. The average Bonchev–Trinajstić information content (AvgIpc) is 3.25. The van der Waals surface area contributed by atoms with Crippen molar-refractivity contribution in [3.8, 4) is 0 Å². The van der Waals surface area contributed by atoms with E-state index in [0.717, 1.165) is 61.1 Å². The third-order valence-electron chi connectivity index (χ3n) is 5.55. The summed E-state index contributed by atoms with van der Waals surface area (Å²) in [5.74, 6) is -0.135. The Kier molecular flexibility index (Phi) is 5.37. The number of amides is 1. The smallest absolute Gasteiger partial charge is 0.395 e. The molecule has 0 aliphatic carbocycles. The predicted molar refractivity (Wildman–Crippen MR) is 113 cm³/mol. The molecule has 2 aromatic heterocycles. The van der Waals surface area contributed by atoms with E-state index in [0.29, 0.717) is 5.69 Å². The molecule has 1 aliphatic rings. The van der Waals surface area contributed by atoms with Crippen LogP contribution in [0.4, 0.5) is 17.4 Å². The first kappa shape index (κ1) is 19.8. The van der Waals surface area contributed by atoms with Crippen LogP contribution in [0.15, 0.2) is 40.8 Å². The van der Waals surface area contributed by atoms with E-state index in [1.54, 1.807) is 11.0 Å². The summed E-state index contributed by atoms with van der Waals surface area (Å²) in [4.78, 5) is 31.1. The number of furan rings is 1. The number of pyridine rings is 1. The van der Waals surface area contributed by atoms with Crippen LogP contribution in [0.2, 0.25) is 0 Å². The Hall–Kier alpha value is -3.46. The molecule has 156 valence electrons. The van der Waals surface area contributed by atoms with Gasteiger partial charge in [0.05, 0.1) is 44.3 Å². The third kappa shape index (κ3) is 3.97. The summed E-state index contributed by atoms with van der Waals surface area (Å²) in [5, 5.41) is 14.4. The van der Waals surface area contributed by atoms with E-state index in [4.69, 9.17) is 9.40 Å². The molecule has 0 saturated carbocycles. The fourth-order valence-corrected chi connectivity index (χ4v) is 3.76. The molecule has 1 aliphatic heterocycles. The molecule has 9 heteroatoms. The number of aryl methyl sites for hydroxylation is 1. The standard InChI is InChI=1S/C21H23N5O4/c1-3-24-8-10-25(11-9-24)19-12-14(2)16-13-15(4-5-17(16)23-19)22-21(27)18-6-7-20(30-18)26(28)29/h4-7,12-13H,3,8-11H2,1-2H3,(H,22,27)/p+1. The van der Waals surface area contributed by atoms with Crippen LogP contribution in [0.1, 0.15) is 23.0 Å². The Balaban J connectivity index is 1.53. The van der Waals surface area contributed by atoms with Crippen molar-refractivity contribution in [2.45, 2.75) is 13.8 Å². The van der Waals surface area contributed by atoms with E-state index in [1.165, 1.54) is 6.07 Å². The van der Waals surface area contributed by atoms with Crippen LogP contribution in [0.5, 0.6) is 0 Å². The second-order valence-corrected chi connectivity index (χ2v) is 7.47. The number of anilines is 2. The summed E-state index contributed by atoms with van der Waals surface area (Å²) in [6.07, 6.45) is 0. The lowest BCUT2D eigenvalue weighted by Crippen LogP contribution is -3.14. The van der Waals surface area contributed by atoms with Crippen LogP contribution in [-0.2, 0) is 0 Å². The van der Waals surface area contributed by atoms with Crippen LogP contribution in [0.25, 0.3) is 10.9 Å². The molecule has 0 unspecified atom stereocenters. The molecule has 2 N–H and O–H groups in total. The minimum absolute atomic E-state index is 0.111. The number of likely N-dealkylation sites (N-methyl/N-ethyl adjacent to an activating group) is 1. The number of nitrogens with one attached hydrogen (secondary N) is 2. The van der Waals surface area contributed by atoms with Crippen LogP contribution in [-0.4, -0.2) is 48.5 Å². The molecule has 3 aromatic rings. The number of carbonyl (C=O) groups is 1. The van der Waals surface area contributed by atoms with Crippen molar-refractivity contribution in [1.29, 1.82) is 0 Å². The molecule has 0 bridgehead atoms. The molecule has 1 saturated heterocycles. The Bertz CT molecular complexity index is 1100. The van der Waals surface area contributed by atoms with Gasteiger partial charge in [0.1, 0.15) is 10.7 Å². The fraction of sp³-hybridized carbons (Fsp3) is 0.333. The Labute approximate surface area is 173 Å². The largest absolute Gasteiger partial charge is 0.433 e. The fourth-order valence-electron chi connectivity index (χ4n) is 3.76. The van der Waals surface area contributed by atoms with Crippen molar-refractivity contribution in [1.82, 2.24) is 4.98 Å². The van der Waals surface area contributed by atoms with E-state index in [2.05, 4.69) is 23.2 Å². The third-order valence-corrected chi connectivity index (χ3v) is 5.55. The van der Waals surface area contributed by atoms with Gasteiger partial charge in [0, 0.05) is 11.1 Å². The Morgan fingerprint density at radius 3 is 2.70 bits per heavy atom. The molecule has 0 atom stereocenters. The molecule has 3 heterocycles. The van der Waals surface area contributed by atoms with E-state index in [1.807, 2.05) is 19.1 Å². The van der Waals surface area contributed by atoms with E-state index < -0.39 is 16.7 Å². The van der Waals surface area contributed by atoms with Gasteiger partial charge in [-0.25, -0.2) is 4.98 Å². The topological polar surface area (TPSA) is 106 Å². The number of quaternary nitrogens is 1. The first-order valence-corrected chi connectivity index (χ1v) is 10.00. The van der Waals surface area contributed by atoms with Gasteiger partial charge in [-0.15, -0.1) is 0 Å². The van der Waals surface area contributed by atoms with Gasteiger partial charge < -0.3 is 19.5 Å². The minimum Gasteiger partial charge on any atom is -0.395 e. The predicted octanol–water partition coefficient (Wildman–Crippen LogP) is 2.02. The van der Waals surface area contributed by atoms with Crippen LogP contribution >= 0.6 is 0 Å². The van der Waals surface area contributed by atoms with Gasteiger partial charge in [0.2, 0.25) is 0 Å². The lowest BCUT2D eigenvalue weighted by atomic mass is 10.1. The van der Waals surface area contributed by atoms with Crippen molar-refractivity contribution in [3.05, 3.63) is 57.8 Å². The number of hydrogen-bond donors (Lipinski definition) is 2. The Morgan fingerprint density at radius 2 is 2.03 bits per heavy atom. The van der Waals surface area contributed by atoms with Crippen LogP contribution in [0, 0.1) is 17.0 Å². The summed E-state index contributed by atoms with van der Waals surface area (Å²) in [6, 6.07) is 10.0. The molecule has 1 aromatic carbocycles. The second kappa shape index (κ2) is 8.11. The summed E-state index contributed by atoms with van der Waals surface area (Å²) < 4.78 is 4.96. The highest BCUT2D eigenvalue weighted by Gasteiger charge is 2.21. The van der Waals surface area contributed by atoms with Gasteiger partial charge in [-0.2, -0.15) is 0 Å². The van der Waals surface area contributed by atoms with Crippen LogP contribution < -0.4 is 15.1 Å². The number of piperazine rings is 1. The van der Waals surface area contributed by atoms with Gasteiger partial charge in [-0.1, -0.05) is 0 Å². The lowest BCUT2D eigenvalue weighted by Gasteiger charge is -2.32. The maximum Gasteiger partial charge on any atom is 0.433 e. The zero-order valence-corrected chi connectivity index (χ0v) is 17.0.